The monoisotopic (exact) mass is 361 g/mol. The first-order chi connectivity index (χ1) is 12.6. The number of nitrogens with zero attached hydrogens (tertiary/aromatic N) is 3. The molecule has 2 heterocycles. The lowest BCUT2D eigenvalue weighted by Gasteiger charge is -2.38. The molecule has 2 saturated heterocycles. The summed E-state index contributed by atoms with van der Waals surface area (Å²) in [4.78, 5) is 6.01. The van der Waals surface area contributed by atoms with Crippen LogP contribution in [0.25, 0.3) is 0 Å². The number of ether oxygens (including phenoxy) is 1. The van der Waals surface area contributed by atoms with E-state index in [9.17, 15) is 4.39 Å². The summed E-state index contributed by atoms with van der Waals surface area (Å²) >= 11 is 0. The molecule has 3 rings (SSSR count). The zero-order valence-corrected chi connectivity index (χ0v) is 15.6. The van der Waals surface area contributed by atoms with E-state index < -0.39 is 5.83 Å². The van der Waals surface area contributed by atoms with E-state index >= 15 is 0 Å². The zero-order chi connectivity index (χ0) is 18.5. The number of aryl methyl sites for hydroxylation is 1. The van der Waals surface area contributed by atoms with Crippen LogP contribution < -0.4 is 10.2 Å². The van der Waals surface area contributed by atoms with Crippen molar-refractivity contribution in [2.75, 3.05) is 64.4 Å². The molecule has 0 amide bonds. The molecule has 2 aliphatic rings. The molecule has 0 spiro atoms. The van der Waals surface area contributed by atoms with E-state index in [0.717, 1.165) is 13.1 Å². The molecule has 2 aliphatic heterocycles. The zero-order valence-electron chi connectivity index (χ0n) is 15.6. The molecule has 0 radical (unpaired) electrons. The Balaban J connectivity index is 1.63. The maximum atomic E-state index is 14.9. The van der Waals surface area contributed by atoms with Crippen LogP contribution in [0.4, 0.5) is 10.1 Å². The van der Waals surface area contributed by atoms with E-state index in [1.54, 1.807) is 7.05 Å². The summed E-state index contributed by atoms with van der Waals surface area (Å²) in [5, 5.41) is 11.2. The van der Waals surface area contributed by atoms with Gasteiger partial charge in [-0.25, -0.2) is 0 Å². The minimum atomic E-state index is -0.488. The predicted molar refractivity (Wildman–Crippen MR) is 102 cm³/mol. The third kappa shape index (κ3) is 4.09. The van der Waals surface area contributed by atoms with Crippen molar-refractivity contribution in [3.8, 4) is 0 Å². The molecular weight excluding hydrogens is 333 g/mol. The van der Waals surface area contributed by atoms with E-state index in [1.165, 1.54) is 11.3 Å². The van der Waals surface area contributed by atoms with Gasteiger partial charge in [-0.15, -0.1) is 0 Å². The van der Waals surface area contributed by atoms with Crippen molar-refractivity contribution in [2.45, 2.75) is 6.92 Å². The van der Waals surface area contributed by atoms with Gasteiger partial charge >= 0.3 is 0 Å². The predicted octanol–water partition coefficient (Wildman–Crippen LogP) is 1.78. The minimum Gasteiger partial charge on any atom is -0.378 e. The van der Waals surface area contributed by atoms with Crippen LogP contribution in [0.1, 0.15) is 5.56 Å². The molecule has 1 aromatic carbocycles. The molecule has 7 heteroatoms. The van der Waals surface area contributed by atoms with Gasteiger partial charge in [0.15, 0.2) is 5.84 Å². The summed E-state index contributed by atoms with van der Waals surface area (Å²) in [7, 11) is 1.70. The first-order valence-electron chi connectivity index (χ1n) is 9.16. The third-order valence-corrected chi connectivity index (χ3v) is 4.97. The van der Waals surface area contributed by atoms with Crippen molar-refractivity contribution >= 4 is 11.5 Å². The van der Waals surface area contributed by atoms with E-state index in [0.29, 0.717) is 45.2 Å². The molecule has 0 atom stereocenters. The van der Waals surface area contributed by atoms with Crippen LogP contribution in [-0.4, -0.2) is 75.2 Å². The third-order valence-electron chi connectivity index (χ3n) is 4.97. The van der Waals surface area contributed by atoms with Crippen molar-refractivity contribution in [2.24, 2.45) is 0 Å². The first kappa shape index (κ1) is 18.5. The molecule has 6 nitrogen and oxygen atoms in total. The summed E-state index contributed by atoms with van der Waals surface area (Å²) < 4.78 is 20.3. The molecule has 0 unspecified atom stereocenters. The standard InChI is InChI=1S/C19H28FN5O/c1-15-3-5-16(6-4-15)23-7-9-24(10-8-23)18(21)17(20)19(22-2)25-11-13-26-14-12-25/h3-6,21-22H,7-14H2,1-2H3/b19-17-,21-18?. The number of rotatable bonds is 4. The Hall–Kier alpha value is -2.28. The number of piperazine rings is 1. The molecule has 26 heavy (non-hydrogen) atoms. The van der Waals surface area contributed by atoms with Crippen molar-refractivity contribution in [1.82, 2.24) is 15.1 Å². The maximum Gasteiger partial charge on any atom is 0.204 e. The quantitative estimate of drug-likeness (QED) is 0.633. The summed E-state index contributed by atoms with van der Waals surface area (Å²) in [5.74, 6) is -0.137. The molecule has 2 N–H and O–H groups in total. The molecule has 0 saturated carbocycles. The van der Waals surface area contributed by atoms with Gasteiger partial charge in [-0.05, 0) is 19.1 Å². The second kappa shape index (κ2) is 8.40. The number of halogens is 1. The van der Waals surface area contributed by atoms with Crippen molar-refractivity contribution in [3.63, 3.8) is 0 Å². The molecule has 0 aromatic heterocycles. The number of anilines is 1. The van der Waals surface area contributed by atoms with Gasteiger partial charge in [0.25, 0.3) is 0 Å². The largest absolute Gasteiger partial charge is 0.378 e. The molecular formula is C19H28FN5O. The van der Waals surface area contributed by atoms with Gasteiger partial charge in [0.1, 0.15) is 5.82 Å². The highest BCUT2D eigenvalue weighted by Gasteiger charge is 2.25. The fourth-order valence-electron chi connectivity index (χ4n) is 3.39. The van der Waals surface area contributed by atoms with E-state index in [2.05, 4.69) is 41.4 Å². The van der Waals surface area contributed by atoms with Crippen LogP contribution in [0.5, 0.6) is 0 Å². The smallest absolute Gasteiger partial charge is 0.204 e. The van der Waals surface area contributed by atoms with Gasteiger partial charge in [0, 0.05) is 52.0 Å². The normalized spacial score (nSPS) is 19.3. The SMILES string of the molecule is CN/C(=C(/F)C(=N)N1CCN(c2ccc(C)cc2)CC1)N1CCOCC1. The number of amidine groups is 1. The van der Waals surface area contributed by atoms with Gasteiger partial charge in [0.05, 0.1) is 13.2 Å². The second-order valence-electron chi connectivity index (χ2n) is 6.67. The summed E-state index contributed by atoms with van der Waals surface area (Å²) in [6.45, 7) is 7.36. The Bertz CT molecular complexity index is 646. The molecule has 142 valence electrons. The molecule has 2 fully saturated rings. The Labute approximate surface area is 154 Å². The average Bonchev–Trinajstić information content (AvgIpc) is 2.69. The highest BCUT2D eigenvalue weighted by molar-refractivity contribution is 5.94. The number of hydrogen-bond donors (Lipinski definition) is 2. The Kier molecular flexibility index (Phi) is 5.98. The summed E-state index contributed by atoms with van der Waals surface area (Å²) in [6, 6.07) is 8.45. The van der Waals surface area contributed by atoms with Gasteiger partial charge in [0.2, 0.25) is 5.83 Å². The van der Waals surface area contributed by atoms with Crippen LogP contribution in [0.3, 0.4) is 0 Å². The number of hydrogen-bond acceptors (Lipinski definition) is 5. The molecule has 0 bridgehead atoms. The maximum absolute atomic E-state index is 14.9. The van der Waals surface area contributed by atoms with Crippen LogP contribution in [0, 0.1) is 12.3 Å². The van der Waals surface area contributed by atoms with Crippen molar-refractivity contribution in [1.29, 1.82) is 5.41 Å². The van der Waals surface area contributed by atoms with Crippen molar-refractivity contribution in [3.05, 3.63) is 41.5 Å². The molecule has 1 aromatic rings. The lowest BCUT2D eigenvalue weighted by molar-refractivity contribution is 0.0496. The Morgan fingerprint density at radius 3 is 2.19 bits per heavy atom. The fourth-order valence-corrected chi connectivity index (χ4v) is 3.39. The topological polar surface area (TPSA) is 54.8 Å². The van der Waals surface area contributed by atoms with E-state index in [-0.39, 0.29) is 5.84 Å². The van der Waals surface area contributed by atoms with Gasteiger partial charge in [-0.1, -0.05) is 17.7 Å². The van der Waals surface area contributed by atoms with E-state index in [4.69, 9.17) is 10.1 Å². The fraction of sp³-hybridized carbons (Fsp3) is 0.526. The van der Waals surface area contributed by atoms with Gasteiger partial charge in [-0.3, -0.25) is 5.41 Å². The number of morpholine rings is 1. The Morgan fingerprint density at radius 1 is 1.00 bits per heavy atom. The first-order valence-corrected chi connectivity index (χ1v) is 9.16. The summed E-state index contributed by atoms with van der Waals surface area (Å²) in [5.41, 5.74) is 2.42. The average molecular weight is 361 g/mol. The van der Waals surface area contributed by atoms with Crippen LogP contribution >= 0.6 is 0 Å². The lowest BCUT2D eigenvalue weighted by atomic mass is 10.2. The van der Waals surface area contributed by atoms with Gasteiger partial charge in [-0.2, -0.15) is 4.39 Å². The van der Waals surface area contributed by atoms with E-state index in [1.807, 2.05) is 9.80 Å². The highest BCUT2D eigenvalue weighted by Crippen LogP contribution is 2.19. The highest BCUT2D eigenvalue weighted by atomic mass is 19.1. The second-order valence-corrected chi connectivity index (χ2v) is 6.67. The molecule has 0 aliphatic carbocycles. The number of nitrogens with one attached hydrogen (secondary N) is 2. The minimum absolute atomic E-state index is 0.0376. The summed E-state index contributed by atoms with van der Waals surface area (Å²) in [6.07, 6.45) is 0. The van der Waals surface area contributed by atoms with Crippen molar-refractivity contribution < 1.29 is 9.13 Å². The lowest BCUT2D eigenvalue weighted by Crippen LogP contribution is -2.49. The van der Waals surface area contributed by atoms with Crippen LogP contribution in [-0.2, 0) is 4.74 Å². The van der Waals surface area contributed by atoms with Crippen LogP contribution in [0.2, 0.25) is 0 Å². The Morgan fingerprint density at radius 2 is 1.62 bits per heavy atom. The van der Waals surface area contributed by atoms with Crippen LogP contribution in [0.15, 0.2) is 35.9 Å². The number of benzene rings is 1. The van der Waals surface area contributed by atoms with Gasteiger partial charge < -0.3 is 24.8 Å².